The van der Waals surface area contributed by atoms with Crippen molar-refractivity contribution in [3.05, 3.63) is 0 Å². The van der Waals surface area contributed by atoms with Gasteiger partial charge in [0.15, 0.2) is 0 Å². The number of hydrogen-bond acceptors (Lipinski definition) is 3. The fraction of sp³-hybridized carbons (Fsp3) is 0.875. The Morgan fingerprint density at radius 2 is 1.76 bits per heavy atom. The molecule has 0 spiro atoms. The van der Waals surface area contributed by atoms with Crippen molar-refractivity contribution in [3.63, 3.8) is 0 Å². The van der Waals surface area contributed by atoms with Crippen LogP contribution in [0.2, 0.25) is 0 Å². The molecule has 1 aliphatic heterocycles. The van der Waals surface area contributed by atoms with Crippen LogP contribution in [0.5, 0.6) is 0 Å². The molecule has 1 heterocycles. The van der Waals surface area contributed by atoms with Crippen molar-refractivity contribution >= 4 is 11.8 Å². The highest BCUT2D eigenvalue weighted by molar-refractivity contribution is 5.84. The molecule has 1 saturated heterocycles. The van der Waals surface area contributed by atoms with Gasteiger partial charge in [0.1, 0.15) is 0 Å². The molecule has 1 aliphatic carbocycles. The van der Waals surface area contributed by atoms with Gasteiger partial charge in [0.05, 0.1) is 12.6 Å². The second-order valence-electron chi connectivity index (χ2n) is 6.90. The smallest absolute Gasteiger partial charge is 0.237 e. The number of carbonyl (C=O) groups is 2. The van der Waals surface area contributed by atoms with Crippen LogP contribution in [0, 0.1) is 0 Å². The van der Waals surface area contributed by atoms with Gasteiger partial charge in [-0.1, -0.05) is 0 Å². The summed E-state index contributed by atoms with van der Waals surface area (Å²) in [6, 6.07) is 0.659. The zero-order valence-corrected chi connectivity index (χ0v) is 13.8. The van der Waals surface area contributed by atoms with Gasteiger partial charge >= 0.3 is 0 Å². The average Bonchev–Trinajstić information content (AvgIpc) is 3.05. The van der Waals surface area contributed by atoms with E-state index in [2.05, 4.69) is 10.2 Å². The Hall–Kier alpha value is -1.10. The van der Waals surface area contributed by atoms with Crippen molar-refractivity contribution in [2.75, 3.05) is 13.1 Å². The monoisotopic (exact) mass is 295 g/mol. The highest BCUT2D eigenvalue weighted by Crippen LogP contribution is 2.22. The van der Waals surface area contributed by atoms with E-state index in [-0.39, 0.29) is 29.9 Å². The van der Waals surface area contributed by atoms with Gasteiger partial charge in [0.25, 0.3) is 0 Å². The van der Waals surface area contributed by atoms with Gasteiger partial charge in [-0.3, -0.25) is 14.5 Å². The number of nitrogens with zero attached hydrogens (tertiary/aromatic N) is 2. The highest BCUT2D eigenvalue weighted by atomic mass is 16.2. The van der Waals surface area contributed by atoms with Gasteiger partial charge in [0, 0.05) is 18.1 Å². The van der Waals surface area contributed by atoms with Crippen LogP contribution in [0.25, 0.3) is 0 Å². The van der Waals surface area contributed by atoms with Crippen molar-refractivity contribution in [1.82, 2.24) is 15.1 Å². The van der Waals surface area contributed by atoms with Gasteiger partial charge in [-0.2, -0.15) is 0 Å². The summed E-state index contributed by atoms with van der Waals surface area (Å²) in [5.74, 6) is 0.245. The van der Waals surface area contributed by atoms with Crippen molar-refractivity contribution in [3.8, 4) is 0 Å². The molecule has 5 nitrogen and oxygen atoms in total. The lowest BCUT2D eigenvalue weighted by Gasteiger charge is -2.33. The first kappa shape index (κ1) is 16.3. The van der Waals surface area contributed by atoms with Crippen LogP contribution in [-0.4, -0.2) is 58.9 Å². The zero-order valence-electron chi connectivity index (χ0n) is 13.8. The van der Waals surface area contributed by atoms with Crippen LogP contribution in [0.15, 0.2) is 0 Å². The molecule has 0 bridgehead atoms. The molecule has 1 N–H and O–H groups in total. The molecule has 2 fully saturated rings. The van der Waals surface area contributed by atoms with Crippen molar-refractivity contribution < 1.29 is 9.59 Å². The van der Waals surface area contributed by atoms with Crippen LogP contribution < -0.4 is 5.32 Å². The minimum atomic E-state index is -0.115. The predicted molar refractivity (Wildman–Crippen MR) is 82.9 cm³/mol. The molecule has 1 saturated carbocycles. The Labute approximate surface area is 128 Å². The third kappa shape index (κ3) is 4.19. The summed E-state index contributed by atoms with van der Waals surface area (Å²) < 4.78 is 0. The van der Waals surface area contributed by atoms with E-state index in [1.807, 2.05) is 32.6 Å². The molecular formula is C16H29N3O2. The molecule has 1 unspecified atom stereocenters. The predicted octanol–water partition coefficient (Wildman–Crippen LogP) is 1.37. The normalized spacial score (nSPS) is 22.9. The quantitative estimate of drug-likeness (QED) is 0.805. The SMILES string of the molecule is CC(C)N(C(=O)CN1CCCC1C(=O)NC1CC1)C(C)C. The summed E-state index contributed by atoms with van der Waals surface area (Å²) >= 11 is 0. The fourth-order valence-corrected chi connectivity index (χ4v) is 3.26. The first-order valence-corrected chi connectivity index (χ1v) is 8.25. The van der Waals surface area contributed by atoms with Gasteiger partial charge in [0.2, 0.25) is 11.8 Å². The van der Waals surface area contributed by atoms with E-state index in [1.165, 1.54) is 0 Å². The largest absolute Gasteiger partial charge is 0.352 e. The molecule has 1 atom stereocenters. The maximum Gasteiger partial charge on any atom is 0.237 e. The van der Waals surface area contributed by atoms with E-state index < -0.39 is 0 Å². The summed E-state index contributed by atoms with van der Waals surface area (Å²) in [5, 5.41) is 3.07. The molecule has 120 valence electrons. The topological polar surface area (TPSA) is 52.7 Å². The van der Waals surface area contributed by atoms with Crippen LogP contribution in [-0.2, 0) is 9.59 Å². The van der Waals surface area contributed by atoms with E-state index >= 15 is 0 Å². The number of amides is 2. The second-order valence-corrected chi connectivity index (χ2v) is 6.90. The Kier molecular flexibility index (Phi) is 5.25. The van der Waals surface area contributed by atoms with E-state index in [0.717, 1.165) is 32.2 Å². The summed E-state index contributed by atoms with van der Waals surface area (Å²) in [5.41, 5.74) is 0. The summed E-state index contributed by atoms with van der Waals surface area (Å²) in [4.78, 5) is 28.7. The number of hydrogen-bond donors (Lipinski definition) is 1. The highest BCUT2D eigenvalue weighted by Gasteiger charge is 2.35. The lowest BCUT2D eigenvalue weighted by atomic mass is 10.2. The maximum absolute atomic E-state index is 12.5. The number of nitrogens with one attached hydrogen (secondary N) is 1. The molecule has 0 aromatic carbocycles. The van der Waals surface area contributed by atoms with Crippen LogP contribution in [0.4, 0.5) is 0 Å². The number of rotatable bonds is 6. The van der Waals surface area contributed by atoms with Gasteiger partial charge in [-0.05, 0) is 59.9 Å². The van der Waals surface area contributed by atoms with Crippen molar-refractivity contribution in [1.29, 1.82) is 0 Å². The lowest BCUT2D eigenvalue weighted by Crippen LogP contribution is -2.51. The lowest BCUT2D eigenvalue weighted by molar-refractivity contribution is -0.137. The van der Waals surface area contributed by atoms with E-state index in [0.29, 0.717) is 12.6 Å². The van der Waals surface area contributed by atoms with Crippen LogP contribution >= 0.6 is 0 Å². The van der Waals surface area contributed by atoms with Gasteiger partial charge < -0.3 is 10.2 Å². The van der Waals surface area contributed by atoms with E-state index in [1.54, 1.807) is 0 Å². The van der Waals surface area contributed by atoms with Crippen molar-refractivity contribution in [2.45, 2.75) is 77.5 Å². The summed E-state index contributed by atoms with van der Waals surface area (Å²) in [7, 11) is 0. The molecule has 21 heavy (non-hydrogen) atoms. The summed E-state index contributed by atoms with van der Waals surface area (Å²) in [6.45, 7) is 9.37. The van der Waals surface area contributed by atoms with Gasteiger partial charge in [-0.15, -0.1) is 0 Å². The molecule has 2 rings (SSSR count). The minimum Gasteiger partial charge on any atom is -0.352 e. The number of likely N-dealkylation sites (tertiary alicyclic amines) is 1. The minimum absolute atomic E-state index is 0.114. The number of carbonyl (C=O) groups excluding carboxylic acids is 2. The zero-order chi connectivity index (χ0) is 15.6. The van der Waals surface area contributed by atoms with Gasteiger partial charge in [-0.25, -0.2) is 0 Å². The van der Waals surface area contributed by atoms with E-state index in [9.17, 15) is 9.59 Å². The molecule has 0 aromatic heterocycles. The van der Waals surface area contributed by atoms with Crippen LogP contribution in [0.3, 0.4) is 0 Å². The molecule has 0 radical (unpaired) electrons. The Morgan fingerprint density at radius 3 is 2.29 bits per heavy atom. The first-order valence-electron chi connectivity index (χ1n) is 8.25. The average molecular weight is 295 g/mol. The Bertz CT molecular complexity index is 383. The fourth-order valence-electron chi connectivity index (χ4n) is 3.26. The van der Waals surface area contributed by atoms with E-state index in [4.69, 9.17) is 0 Å². The van der Waals surface area contributed by atoms with Crippen LogP contribution in [0.1, 0.15) is 53.4 Å². The first-order chi connectivity index (χ1) is 9.90. The molecule has 2 aliphatic rings. The maximum atomic E-state index is 12.5. The Morgan fingerprint density at radius 1 is 1.14 bits per heavy atom. The molecule has 5 heteroatoms. The molecule has 2 amide bonds. The second kappa shape index (κ2) is 6.77. The molecule has 0 aromatic rings. The third-order valence-electron chi connectivity index (χ3n) is 4.33. The molecular weight excluding hydrogens is 266 g/mol. The van der Waals surface area contributed by atoms with Crippen molar-refractivity contribution in [2.24, 2.45) is 0 Å². The summed E-state index contributed by atoms with van der Waals surface area (Å²) in [6.07, 6.45) is 4.08. The standard InChI is InChI=1S/C16H29N3O2/c1-11(2)19(12(3)4)15(20)10-18-9-5-6-14(18)16(21)17-13-7-8-13/h11-14H,5-10H2,1-4H3,(H,17,21). The Balaban J connectivity index is 1.93. The third-order valence-corrected chi connectivity index (χ3v) is 4.33.